The van der Waals surface area contributed by atoms with Crippen molar-refractivity contribution in [3.8, 4) is 0 Å². The Bertz CT molecular complexity index is 389. The summed E-state index contributed by atoms with van der Waals surface area (Å²) in [5.74, 6) is -5.08. The molecule has 1 fully saturated rings. The lowest BCUT2D eigenvalue weighted by atomic mass is 9.85. The molecule has 5 nitrogen and oxygen atoms in total. The van der Waals surface area contributed by atoms with Crippen LogP contribution in [0.15, 0.2) is 0 Å². The van der Waals surface area contributed by atoms with Crippen LogP contribution in [0, 0.1) is 11.8 Å². The van der Waals surface area contributed by atoms with Crippen LogP contribution >= 0.6 is 0 Å². The average Bonchev–Trinajstić information content (AvgIpc) is 2.24. The fourth-order valence-electron chi connectivity index (χ4n) is 2.07. The molecule has 0 unspecified atom stereocenters. The van der Waals surface area contributed by atoms with E-state index in [1.54, 1.807) is 20.8 Å². The van der Waals surface area contributed by atoms with Gasteiger partial charge in [-0.1, -0.05) is 0 Å². The number of aliphatic carboxylic acids is 1. The Labute approximate surface area is 114 Å². The van der Waals surface area contributed by atoms with Gasteiger partial charge in [0.2, 0.25) is 0 Å². The molecule has 0 bridgehead atoms. The number of nitrogens with zero attached hydrogens (tertiary/aromatic N) is 1. The van der Waals surface area contributed by atoms with Gasteiger partial charge in [0, 0.05) is 13.1 Å². The first kappa shape index (κ1) is 16.6. The van der Waals surface area contributed by atoms with E-state index in [0.717, 1.165) is 4.90 Å². The zero-order valence-corrected chi connectivity index (χ0v) is 11.5. The molecule has 1 rings (SSSR count). The van der Waals surface area contributed by atoms with Gasteiger partial charge in [0.15, 0.2) is 0 Å². The van der Waals surface area contributed by atoms with Crippen LogP contribution in [0.2, 0.25) is 0 Å². The van der Waals surface area contributed by atoms with Crippen molar-refractivity contribution < 1.29 is 32.6 Å². The van der Waals surface area contributed by atoms with Crippen LogP contribution in [0.25, 0.3) is 0 Å². The van der Waals surface area contributed by atoms with E-state index in [-0.39, 0.29) is 13.0 Å². The van der Waals surface area contributed by atoms with Crippen LogP contribution in [0.1, 0.15) is 27.2 Å². The first-order valence-electron chi connectivity index (χ1n) is 6.19. The van der Waals surface area contributed by atoms with E-state index < -0.39 is 42.2 Å². The van der Waals surface area contributed by atoms with E-state index >= 15 is 0 Å². The highest BCUT2D eigenvalue weighted by Gasteiger charge is 2.51. The van der Waals surface area contributed by atoms with Crippen LogP contribution in [-0.4, -0.2) is 46.9 Å². The number of carbonyl (C=O) groups is 2. The van der Waals surface area contributed by atoms with Gasteiger partial charge in [-0.05, 0) is 27.2 Å². The third-order valence-corrected chi connectivity index (χ3v) is 3.00. The van der Waals surface area contributed by atoms with Gasteiger partial charge in [-0.2, -0.15) is 13.2 Å². The van der Waals surface area contributed by atoms with Crippen LogP contribution in [0.5, 0.6) is 0 Å². The minimum absolute atomic E-state index is 0.0571. The van der Waals surface area contributed by atoms with Crippen LogP contribution in [-0.2, 0) is 9.53 Å². The van der Waals surface area contributed by atoms with Crippen molar-refractivity contribution >= 4 is 12.1 Å². The summed E-state index contributed by atoms with van der Waals surface area (Å²) in [5, 5.41) is 8.85. The highest BCUT2D eigenvalue weighted by molar-refractivity contribution is 5.72. The van der Waals surface area contributed by atoms with Crippen molar-refractivity contribution in [3.63, 3.8) is 0 Å². The summed E-state index contributed by atoms with van der Waals surface area (Å²) in [7, 11) is 0. The average molecular weight is 297 g/mol. The van der Waals surface area contributed by atoms with E-state index in [4.69, 9.17) is 9.84 Å². The third-order valence-electron chi connectivity index (χ3n) is 3.00. The number of ether oxygens (including phenoxy) is 1. The van der Waals surface area contributed by atoms with Crippen LogP contribution < -0.4 is 0 Å². The number of hydrogen-bond donors (Lipinski definition) is 1. The summed E-state index contributed by atoms with van der Waals surface area (Å²) < 4.78 is 43.7. The number of amides is 1. The van der Waals surface area contributed by atoms with Gasteiger partial charge < -0.3 is 14.7 Å². The number of piperidine rings is 1. The zero-order chi connectivity index (χ0) is 15.7. The molecule has 116 valence electrons. The first-order chi connectivity index (χ1) is 8.92. The molecule has 20 heavy (non-hydrogen) atoms. The number of rotatable bonds is 1. The number of alkyl halides is 3. The monoisotopic (exact) mass is 297 g/mol. The molecule has 8 heteroatoms. The molecule has 1 N–H and O–H groups in total. The molecule has 1 saturated heterocycles. The topological polar surface area (TPSA) is 66.8 Å². The molecule has 1 aliphatic heterocycles. The Kier molecular flexibility index (Phi) is 4.55. The number of carboxylic acid groups (broad SMARTS) is 1. The standard InChI is InChI=1S/C12H18F3NO4/c1-11(2,3)20-10(19)16-5-4-7(9(17)18)8(6-16)12(13,14)15/h7-8H,4-6H2,1-3H3,(H,17,18)/t7-,8-/m0/s1. The molecule has 1 heterocycles. The van der Waals surface area contributed by atoms with Gasteiger partial charge in [0.05, 0.1) is 11.8 Å². The second-order valence-corrected chi connectivity index (χ2v) is 5.81. The lowest BCUT2D eigenvalue weighted by Gasteiger charge is -2.38. The predicted octanol–water partition coefficient (Wildman–Crippen LogP) is 2.51. The minimum Gasteiger partial charge on any atom is -0.481 e. The Morgan fingerprint density at radius 1 is 1.25 bits per heavy atom. The molecule has 0 aromatic rings. The highest BCUT2D eigenvalue weighted by atomic mass is 19.4. The van der Waals surface area contributed by atoms with E-state index in [1.165, 1.54) is 0 Å². The zero-order valence-electron chi connectivity index (χ0n) is 11.5. The molecule has 0 saturated carbocycles. The van der Waals surface area contributed by atoms with Crippen molar-refractivity contribution in [3.05, 3.63) is 0 Å². The van der Waals surface area contributed by atoms with Crippen molar-refractivity contribution in [1.29, 1.82) is 0 Å². The van der Waals surface area contributed by atoms with Gasteiger partial charge in [-0.25, -0.2) is 4.79 Å². The number of carbonyl (C=O) groups excluding carboxylic acids is 1. The van der Waals surface area contributed by atoms with Crippen molar-refractivity contribution in [2.24, 2.45) is 11.8 Å². The van der Waals surface area contributed by atoms with Gasteiger partial charge in [-0.3, -0.25) is 4.79 Å². The van der Waals surface area contributed by atoms with Crippen LogP contribution in [0.4, 0.5) is 18.0 Å². The molecule has 0 aliphatic carbocycles. The maximum absolute atomic E-state index is 12.9. The molecule has 1 aliphatic rings. The van der Waals surface area contributed by atoms with Crippen molar-refractivity contribution in [2.75, 3.05) is 13.1 Å². The van der Waals surface area contributed by atoms with E-state index in [2.05, 4.69) is 0 Å². The molecular formula is C12H18F3NO4. The third kappa shape index (κ3) is 4.28. The quantitative estimate of drug-likeness (QED) is 0.807. The normalized spacial score (nSPS) is 24.4. The second-order valence-electron chi connectivity index (χ2n) is 5.81. The van der Waals surface area contributed by atoms with E-state index in [9.17, 15) is 22.8 Å². The van der Waals surface area contributed by atoms with E-state index in [1.807, 2.05) is 0 Å². The summed E-state index contributed by atoms with van der Waals surface area (Å²) in [6.07, 6.45) is -5.75. The predicted molar refractivity (Wildman–Crippen MR) is 63.1 cm³/mol. The number of carboxylic acids is 1. The summed E-state index contributed by atoms with van der Waals surface area (Å²) in [6, 6.07) is 0. The largest absolute Gasteiger partial charge is 0.481 e. The first-order valence-corrected chi connectivity index (χ1v) is 6.19. The molecule has 0 radical (unpaired) electrons. The summed E-state index contributed by atoms with van der Waals surface area (Å²) in [5.41, 5.74) is -0.811. The fraction of sp³-hybridized carbons (Fsp3) is 0.833. The number of halogens is 3. The SMILES string of the molecule is CC(C)(C)OC(=O)N1CC[C@H](C(=O)O)[C@@H](C(F)(F)F)C1. The lowest BCUT2D eigenvalue weighted by molar-refractivity contribution is -0.206. The summed E-state index contributed by atoms with van der Waals surface area (Å²) in [6.45, 7) is 4.08. The Balaban J connectivity index is 2.82. The molecule has 2 atom stereocenters. The fourth-order valence-corrected chi connectivity index (χ4v) is 2.07. The summed E-state index contributed by atoms with van der Waals surface area (Å²) in [4.78, 5) is 23.6. The lowest BCUT2D eigenvalue weighted by Crippen LogP contribution is -2.51. The Morgan fingerprint density at radius 2 is 1.80 bits per heavy atom. The maximum atomic E-state index is 12.9. The summed E-state index contributed by atoms with van der Waals surface area (Å²) >= 11 is 0. The van der Waals surface area contributed by atoms with Crippen LogP contribution in [0.3, 0.4) is 0 Å². The van der Waals surface area contributed by atoms with E-state index in [0.29, 0.717) is 0 Å². The number of hydrogen-bond acceptors (Lipinski definition) is 3. The van der Waals surface area contributed by atoms with Gasteiger partial charge in [0.25, 0.3) is 0 Å². The second kappa shape index (κ2) is 5.49. The smallest absolute Gasteiger partial charge is 0.410 e. The molecular weight excluding hydrogens is 279 g/mol. The van der Waals surface area contributed by atoms with Crippen molar-refractivity contribution in [1.82, 2.24) is 4.90 Å². The molecule has 0 aromatic carbocycles. The van der Waals surface area contributed by atoms with Gasteiger partial charge >= 0.3 is 18.2 Å². The molecule has 0 spiro atoms. The Morgan fingerprint density at radius 3 is 2.20 bits per heavy atom. The van der Waals surface area contributed by atoms with Gasteiger partial charge in [0.1, 0.15) is 5.60 Å². The maximum Gasteiger partial charge on any atom is 0.410 e. The highest BCUT2D eigenvalue weighted by Crippen LogP contribution is 2.37. The number of likely N-dealkylation sites (tertiary alicyclic amines) is 1. The minimum atomic E-state index is -4.66. The van der Waals surface area contributed by atoms with Crippen molar-refractivity contribution in [2.45, 2.75) is 39.0 Å². The molecule has 0 aromatic heterocycles. The Hall–Kier alpha value is -1.47. The molecule has 1 amide bonds. The van der Waals surface area contributed by atoms with Gasteiger partial charge in [-0.15, -0.1) is 0 Å².